The van der Waals surface area contributed by atoms with Gasteiger partial charge in [0.25, 0.3) is 5.69 Å². The van der Waals surface area contributed by atoms with E-state index >= 15 is 0 Å². The van der Waals surface area contributed by atoms with Gasteiger partial charge in [0.1, 0.15) is 16.5 Å². The first-order valence-electron chi connectivity index (χ1n) is 11.8. The van der Waals surface area contributed by atoms with Crippen molar-refractivity contribution in [3.05, 3.63) is 146 Å². The molecule has 7 rings (SSSR count). The first-order valence-corrected chi connectivity index (χ1v) is 11.8. The van der Waals surface area contributed by atoms with Crippen molar-refractivity contribution in [2.45, 2.75) is 11.0 Å². The maximum Gasteiger partial charge on any atom is 0.344 e. The van der Waals surface area contributed by atoms with Gasteiger partial charge in [-0.05, 0) is 39.4 Å². The molecule has 37 heavy (non-hydrogen) atoms. The van der Waals surface area contributed by atoms with Crippen LogP contribution in [0.1, 0.15) is 43.7 Å². The molecule has 182 valence electrons. The highest BCUT2D eigenvalue weighted by molar-refractivity contribution is 6.05. The fourth-order valence-corrected chi connectivity index (χ4v) is 6.34. The molecule has 2 aliphatic heterocycles. The molecule has 0 aromatic heterocycles. The number of esters is 1. The van der Waals surface area contributed by atoms with E-state index in [1.165, 1.54) is 19.2 Å². The third-order valence-electron chi connectivity index (χ3n) is 7.78. The summed E-state index contributed by atoms with van der Waals surface area (Å²) < 4.78 is 4.93. The number of hydrogen-bond donors (Lipinski definition) is 0. The number of ether oxygens (including phenoxy) is 1. The molecule has 7 nitrogen and oxygen atoms in total. The number of amides is 1. The van der Waals surface area contributed by atoms with Crippen LogP contribution in [0.4, 0.5) is 5.69 Å². The van der Waals surface area contributed by atoms with Gasteiger partial charge < -0.3 is 9.64 Å². The maximum atomic E-state index is 14.7. The van der Waals surface area contributed by atoms with Crippen molar-refractivity contribution in [2.24, 2.45) is 0 Å². The van der Waals surface area contributed by atoms with Gasteiger partial charge in [0.05, 0.1) is 12.0 Å². The minimum Gasteiger partial charge on any atom is -0.465 e. The van der Waals surface area contributed by atoms with Crippen LogP contribution in [0.2, 0.25) is 0 Å². The van der Waals surface area contributed by atoms with Crippen molar-refractivity contribution in [2.75, 3.05) is 14.2 Å². The number of benzene rings is 4. The van der Waals surface area contributed by atoms with Crippen molar-refractivity contribution in [1.29, 1.82) is 0 Å². The van der Waals surface area contributed by atoms with Gasteiger partial charge in [0.15, 0.2) is 0 Å². The Balaban J connectivity index is 1.88. The van der Waals surface area contributed by atoms with E-state index in [9.17, 15) is 19.7 Å². The number of carbonyl (C=O) groups is 2. The molecule has 4 aromatic carbocycles. The van der Waals surface area contributed by atoms with E-state index in [1.807, 2.05) is 84.9 Å². The molecule has 7 heteroatoms. The number of likely N-dealkylation sites (N-methyl/N-ethyl adjacent to an activating group) is 1. The molecule has 0 saturated carbocycles. The van der Waals surface area contributed by atoms with E-state index in [-0.39, 0.29) is 17.2 Å². The lowest BCUT2D eigenvalue weighted by Crippen LogP contribution is -2.66. The van der Waals surface area contributed by atoms with Crippen LogP contribution in [-0.2, 0) is 20.5 Å². The number of nitro benzene ring substituents is 1. The summed E-state index contributed by atoms with van der Waals surface area (Å²) >= 11 is 0. The third-order valence-corrected chi connectivity index (χ3v) is 7.78. The molecular formula is C30H22N2O5. The first kappa shape index (κ1) is 22.7. The molecule has 0 radical (unpaired) electrons. The molecule has 0 N–H and O–H groups in total. The minimum absolute atomic E-state index is 0.182. The third kappa shape index (κ3) is 2.65. The monoisotopic (exact) mass is 490 g/mol. The number of methoxy groups -OCH3 is 1. The van der Waals surface area contributed by atoms with Gasteiger partial charge in [-0.2, -0.15) is 0 Å². The number of hydrogen-bond acceptors (Lipinski definition) is 5. The topological polar surface area (TPSA) is 89.7 Å². The standard InChI is InChI=1S/C30H22N2O5/c1-31-28(34)29(19-11-5-3-6-12-19)22-15-9-10-16-23(22)30(31,20-13-7-4-8-14-20)25-18-26(32(35)36)21(17-24(25)29)27(33)37-2/h3-18H,1-2H3. The van der Waals surface area contributed by atoms with Crippen LogP contribution in [0, 0.1) is 10.1 Å². The lowest BCUT2D eigenvalue weighted by atomic mass is 9.52. The van der Waals surface area contributed by atoms with Gasteiger partial charge in [0.2, 0.25) is 5.91 Å². The van der Waals surface area contributed by atoms with Crippen LogP contribution in [0.3, 0.4) is 0 Å². The quantitative estimate of drug-likeness (QED) is 0.233. The molecule has 2 atom stereocenters. The Hall–Kier alpha value is -4.78. The average molecular weight is 491 g/mol. The van der Waals surface area contributed by atoms with Gasteiger partial charge in [-0.1, -0.05) is 84.9 Å². The second kappa shape index (κ2) is 7.86. The number of nitro groups is 1. The zero-order valence-electron chi connectivity index (χ0n) is 20.2. The summed E-state index contributed by atoms with van der Waals surface area (Å²) in [6, 6.07) is 29.5. The van der Waals surface area contributed by atoms with Crippen LogP contribution < -0.4 is 0 Å². The van der Waals surface area contributed by atoms with Gasteiger partial charge >= 0.3 is 5.97 Å². The molecular weight excluding hydrogens is 468 g/mol. The molecule has 0 spiro atoms. The number of nitrogens with zero attached hydrogens (tertiary/aromatic N) is 2. The number of rotatable bonds is 4. The lowest BCUT2D eigenvalue weighted by Gasteiger charge is -2.59. The number of fused-ring (bicyclic) bond motifs is 1. The first-order chi connectivity index (χ1) is 17.9. The second-order valence-corrected chi connectivity index (χ2v) is 9.27. The zero-order valence-corrected chi connectivity index (χ0v) is 20.2. The van der Waals surface area contributed by atoms with E-state index in [0.717, 1.165) is 16.7 Å². The molecule has 3 aliphatic rings. The van der Waals surface area contributed by atoms with Crippen molar-refractivity contribution in [3.63, 3.8) is 0 Å². The van der Waals surface area contributed by atoms with Crippen molar-refractivity contribution < 1.29 is 19.2 Å². The van der Waals surface area contributed by atoms with Crippen molar-refractivity contribution in [1.82, 2.24) is 4.90 Å². The predicted octanol–water partition coefficient (Wildman–Crippen LogP) is 4.79. The van der Waals surface area contributed by atoms with Gasteiger partial charge in [0, 0.05) is 13.1 Å². The Morgan fingerprint density at radius 1 is 0.811 bits per heavy atom. The highest BCUT2D eigenvalue weighted by atomic mass is 16.6. The normalized spacial score (nSPS) is 21.2. The van der Waals surface area contributed by atoms with Crippen LogP contribution in [-0.4, -0.2) is 35.9 Å². The predicted molar refractivity (Wildman–Crippen MR) is 136 cm³/mol. The van der Waals surface area contributed by atoms with Crippen molar-refractivity contribution >= 4 is 17.6 Å². The summed E-state index contributed by atoms with van der Waals surface area (Å²) in [5, 5.41) is 12.2. The average Bonchev–Trinajstić information content (AvgIpc) is 2.94. The fourth-order valence-electron chi connectivity index (χ4n) is 6.34. The second-order valence-electron chi connectivity index (χ2n) is 9.27. The van der Waals surface area contributed by atoms with Crippen LogP contribution in [0.25, 0.3) is 0 Å². The summed E-state index contributed by atoms with van der Waals surface area (Å²) in [6.07, 6.45) is 0. The Labute approximate surface area is 213 Å². The molecule has 2 bridgehead atoms. The molecule has 1 aliphatic carbocycles. The summed E-state index contributed by atoms with van der Waals surface area (Å²) in [4.78, 5) is 40.8. The summed E-state index contributed by atoms with van der Waals surface area (Å²) in [6.45, 7) is 0. The molecule has 1 amide bonds. The van der Waals surface area contributed by atoms with E-state index in [0.29, 0.717) is 16.7 Å². The lowest BCUT2D eigenvalue weighted by molar-refractivity contribution is -0.385. The molecule has 2 heterocycles. The highest BCUT2D eigenvalue weighted by Gasteiger charge is 2.65. The number of carbonyl (C=O) groups excluding carboxylic acids is 2. The summed E-state index contributed by atoms with van der Waals surface area (Å²) in [7, 11) is 2.93. The van der Waals surface area contributed by atoms with Gasteiger partial charge in [-0.15, -0.1) is 0 Å². The largest absolute Gasteiger partial charge is 0.465 e. The van der Waals surface area contributed by atoms with Gasteiger partial charge in [-0.25, -0.2) is 4.79 Å². The van der Waals surface area contributed by atoms with Gasteiger partial charge in [-0.3, -0.25) is 14.9 Å². The minimum atomic E-state index is -1.31. The van der Waals surface area contributed by atoms with E-state index in [2.05, 4.69) is 0 Å². The Morgan fingerprint density at radius 2 is 1.38 bits per heavy atom. The highest BCUT2D eigenvalue weighted by Crippen LogP contribution is 2.62. The van der Waals surface area contributed by atoms with Crippen LogP contribution >= 0.6 is 0 Å². The molecule has 4 aromatic rings. The smallest absolute Gasteiger partial charge is 0.344 e. The SMILES string of the molecule is COC(=O)c1cc2c(cc1[N+](=O)[O-])C1(c3ccccc3)c3ccccc3C2(c2ccccc2)C(=O)N1C. The van der Waals surface area contributed by atoms with Crippen molar-refractivity contribution in [3.8, 4) is 0 Å². The Morgan fingerprint density at radius 3 is 1.97 bits per heavy atom. The summed E-state index contributed by atoms with van der Waals surface area (Å²) in [5.41, 5.74) is 1.27. The fraction of sp³-hybridized carbons (Fsp3) is 0.133. The molecule has 0 fully saturated rings. The molecule has 2 unspecified atom stereocenters. The summed E-state index contributed by atoms with van der Waals surface area (Å²) in [5.74, 6) is -1.01. The van der Waals surface area contributed by atoms with Crippen LogP contribution in [0.15, 0.2) is 97.1 Å². The van der Waals surface area contributed by atoms with E-state index < -0.39 is 21.8 Å². The maximum absolute atomic E-state index is 14.7. The van der Waals surface area contributed by atoms with Crippen LogP contribution in [0.5, 0.6) is 0 Å². The zero-order chi connectivity index (χ0) is 25.9. The van der Waals surface area contributed by atoms with E-state index in [1.54, 1.807) is 11.9 Å². The Bertz CT molecular complexity index is 1600. The Kier molecular flexibility index (Phi) is 4.82. The molecule has 0 saturated heterocycles. The van der Waals surface area contributed by atoms with E-state index in [4.69, 9.17) is 4.74 Å².